The zero-order chi connectivity index (χ0) is 19.1. The van der Waals surface area contributed by atoms with E-state index in [0.29, 0.717) is 17.3 Å². The van der Waals surface area contributed by atoms with Gasteiger partial charge in [0.1, 0.15) is 11.8 Å². The van der Waals surface area contributed by atoms with Crippen LogP contribution in [0.15, 0.2) is 48.5 Å². The Labute approximate surface area is 158 Å². The van der Waals surface area contributed by atoms with Crippen molar-refractivity contribution in [1.82, 2.24) is 10.2 Å². The number of halogens is 1. The van der Waals surface area contributed by atoms with Gasteiger partial charge >= 0.3 is 0 Å². The van der Waals surface area contributed by atoms with E-state index in [1.165, 1.54) is 0 Å². The van der Waals surface area contributed by atoms with Crippen LogP contribution in [0.5, 0.6) is 5.75 Å². The van der Waals surface area contributed by atoms with Gasteiger partial charge in [-0.25, -0.2) is 0 Å². The molecule has 0 aliphatic heterocycles. The van der Waals surface area contributed by atoms with E-state index >= 15 is 0 Å². The molecule has 0 spiro atoms. The van der Waals surface area contributed by atoms with Gasteiger partial charge in [-0.15, -0.1) is 0 Å². The van der Waals surface area contributed by atoms with Crippen LogP contribution < -0.4 is 10.1 Å². The molecule has 0 bridgehead atoms. The first-order valence-electron chi connectivity index (χ1n) is 8.33. The first kappa shape index (κ1) is 19.8. The molecule has 0 fully saturated rings. The highest BCUT2D eigenvalue weighted by Gasteiger charge is 2.25. The Morgan fingerprint density at radius 3 is 2.46 bits per heavy atom. The third-order valence-electron chi connectivity index (χ3n) is 4.17. The van der Waals surface area contributed by atoms with Crippen LogP contribution in [0.3, 0.4) is 0 Å². The highest BCUT2D eigenvalue weighted by Crippen LogP contribution is 2.17. The van der Waals surface area contributed by atoms with Crippen molar-refractivity contribution in [1.29, 1.82) is 0 Å². The summed E-state index contributed by atoms with van der Waals surface area (Å²) in [6.07, 6.45) is 0.197. The van der Waals surface area contributed by atoms with Crippen molar-refractivity contribution in [2.24, 2.45) is 0 Å². The van der Waals surface area contributed by atoms with Gasteiger partial charge in [-0.05, 0) is 42.3 Å². The van der Waals surface area contributed by atoms with E-state index in [-0.39, 0.29) is 18.2 Å². The summed E-state index contributed by atoms with van der Waals surface area (Å²) in [4.78, 5) is 26.6. The number of likely N-dealkylation sites (N-methyl/N-ethyl adjacent to an activating group) is 1. The zero-order valence-corrected chi connectivity index (χ0v) is 15.9. The van der Waals surface area contributed by atoms with Crippen LogP contribution in [0.4, 0.5) is 0 Å². The molecule has 5 nitrogen and oxygen atoms in total. The average Bonchev–Trinajstić information content (AvgIpc) is 2.66. The molecule has 1 N–H and O–H groups in total. The maximum Gasteiger partial charge on any atom is 0.242 e. The van der Waals surface area contributed by atoms with E-state index in [0.717, 1.165) is 11.1 Å². The predicted octanol–water partition coefficient (Wildman–Crippen LogP) is 3.05. The predicted molar refractivity (Wildman–Crippen MR) is 102 cm³/mol. The Morgan fingerprint density at radius 2 is 1.85 bits per heavy atom. The van der Waals surface area contributed by atoms with E-state index < -0.39 is 6.04 Å². The summed E-state index contributed by atoms with van der Waals surface area (Å²) in [5.74, 6) is 0.365. The normalized spacial score (nSPS) is 11.5. The van der Waals surface area contributed by atoms with Crippen molar-refractivity contribution in [3.63, 3.8) is 0 Å². The molecule has 2 rings (SSSR count). The molecular weight excluding hydrogens is 352 g/mol. The second-order valence-electron chi connectivity index (χ2n) is 5.97. The number of hydrogen-bond donors (Lipinski definition) is 1. The van der Waals surface area contributed by atoms with Crippen molar-refractivity contribution < 1.29 is 14.3 Å². The third-order valence-corrected chi connectivity index (χ3v) is 4.42. The Morgan fingerprint density at radius 1 is 1.15 bits per heavy atom. The molecule has 26 heavy (non-hydrogen) atoms. The highest BCUT2D eigenvalue weighted by atomic mass is 35.5. The van der Waals surface area contributed by atoms with Crippen LogP contribution in [0.25, 0.3) is 0 Å². The molecule has 0 unspecified atom stereocenters. The molecule has 2 aromatic carbocycles. The molecule has 2 amide bonds. The third kappa shape index (κ3) is 5.23. The lowest BCUT2D eigenvalue weighted by Gasteiger charge is -2.28. The summed E-state index contributed by atoms with van der Waals surface area (Å²) < 4.78 is 5.24. The van der Waals surface area contributed by atoms with E-state index in [1.807, 2.05) is 36.4 Å². The number of rotatable bonds is 7. The van der Waals surface area contributed by atoms with Crippen LogP contribution >= 0.6 is 11.6 Å². The molecule has 1 atom stereocenters. The van der Waals surface area contributed by atoms with Crippen LogP contribution in [-0.2, 0) is 22.6 Å². The first-order valence-corrected chi connectivity index (χ1v) is 8.71. The average molecular weight is 375 g/mol. The zero-order valence-electron chi connectivity index (χ0n) is 15.2. The first-order chi connectivity index (χ1) is 12.4. The Hall–Kier alpha value is -2.53. The van der Waals surface area contributed by atoms with Crippen LogP contribution in [-0.4, -0.2) is 36.9 Å². The van der Waals surface area contributed by atoms with Crippen molar-refractivity contribution in [3.8, 4) is 5.75 Å². The van der Waals surface area contributed by atoms with E-state index in [4.69, 9.17) is 16.3 Å². The quantitative estimate of drug-likeness (QED) is 0.810. The lowest BCUT2D eigenvalue weighted by molar-refractivity contribution is -0.139. The monoisotopic (exact) mass is 374 g/mol. The number of hydrogen-bond acceptors (Lipinski definition) is 3. The standard InChI is InChI=1S/C20H23ClN2O3/c1-14(20(25)22-2)23(13-16-5-4-6-18(11-16)26-3)19(24)12-15-7-9-17(21)10-8-15/h4-11,14H,12-13H2,1-3H3,(H,22,25)/t14-/m0/s1. The molecular formula is C20H23ClN2O3. The summed E-state index contributed by atoms with van der Waals surface area (Å²) in [7, 11) is 3.15. The smallest absolute Gasteiger partial charge is 0.242 e. The van der Waals surface area contributed by atoms with Gasteiger partial charge in [-0.1, -0.05) is 35.9 Å². The van der Waals surface area contributed by atoms with Gasteiger partial charge in [-0.3, -0.25) is 9.59 Å². The van der Waals surface area contributed by atoms with Crippen LogP contribution in [0.2, 0.25) is 5.02 Å². The lowest BCUT2D eigenvalue weighted by atomic mass is 10.1. The minimum atomic E-state index is -0.592. The van der Waals surface area contributed by atoms with Crippen LogP contribution in [0.1, 0.15) is 18.1 Å². The molecule has 0 aliphatic carbocycles. The molecule has 0 aromatic heterocycles. The molecule has 0 heterocycles. The number of ether oxygens (including phenoxy) is 1. The minimum absolute atomic E-state index is 0.133. The number of amides is 2. The fourth-order valence-corrected chi connectivity index (χ4v) is 2.76. The molecule has 0 saturated carbocycles. The van der Waals surface area contributed by atoms with Gasteiger partial charge in [0, 0.05) is 18.6 Å². The number of benzene rings is 2. The van der Waals surface area contributed by atoms with Gasteiger partial charge in [-0.2, -0.15) is 0 Å². The van der Waals surface area contributed by atoms with Gasteiger partial charge in [0.25, 0.3) is 0 Å². The summed E-state index contributed by atoms with van der Waals surface area (Å²) >= 11 is 5.90. The SMILES string of the molecule is CNC(=O)[C@H](C)N(Cc1cccc(OC)c1)C(=O)Cc1ccc(Cl)cc1. The molecule has 2 aromatic rings. The molecule has 6 heteroatoms. The molecule has 138 valence electrons. The van der Waals surface area contributed by atoms with Gasteiger partial charge in [0.2, 0.25) is 11.8 Å². The number of nitrogens with one attached hydrogen (secondary N) is 1. The van der Waals surface area contributed by atoms with Crippen molar-refractivity contribution in [3.05, 3.63) is 64.7 Å². The summed E-state index contributed by atoms with van der Waals surface area (Å²) in [6.45, 7) is 2.04. The largest absolute Gasteiger partial charge is 0.497 e. The Bertz CT molecular complexity index is 762. The molecule has 0 aliphatic rings. The summed E-state index contributed by atoms with van der Waals surface area (Å²) in [6, 6.07) is 14.0. The van der Waals surface area contributed by atoms with E-state index in [1.54, 1.807) is 38.1 Å². The van der Waals surface area contributed by atoms with Crippen molar-refractivity contribution >= 4 is 23.4 Å². The summed E-state index contributed by atoms with van der Waals surface area (Å²) in [5, 5.41) is 3.22. The maximum absolute atomic E-state index is 12.9. The van der Waals surface area contributed by atoms with Gasteiger partial charge in [0.15, 0.2) is 0 Å². The number of carbonyl (C=O) groups excluding carboxylic acids is 2. The van der Waals surface area contributed by atoms with E-state index in [9.17, 15) is 9.59 Å². The lowest BCUT2D eigenvalue weighted by Crippen LogP contribution is -2.47. The van der Waals surface area contributed by atoms with E-state index in [2.05, 4.69) is 5.32 Å². The molecule has 0 saturated heterocycles. The second-order valence-corrected chi connectivity index (χ2v) is 6.40. The summed E-state index contributed by atoms with van der Waals surface area (Å²) in [5.41, 5.74) is 1.74. The Balaban J connectivity index is 2.22. The fraction of sp³-hybridized carbons (Fsp3) is 0.300. The van der Waals surface area contributed by atoms with Gasteiger partial charge in [0.05, 0.1) is 13.5 Å². The van der Waals surface area contributed by atoms with Crippen molar-refractivity contribution in [2.75, 3.05) is 14.2 Å². The maximum atomic E-state index is 12.9. The van der Waals surface area contributed by atoms with Gasteiger partial charge < -0.3 is 15.0 Å². The van der Waals surface area contributed by atoms with Crippen molar-refractivity contribution in [2.45, 2.75) is 25.9 Å². The molecule has 0 radical (unpaired) electrons. The van der Waals surface area contributed by atoms with Crippen LogP contribution in [0, 0.1) is 0 Å². The highest BCUT2D eigenvalue weighted by molar-refractivity contribution is 6.30. The Kier molecular flexibility index (Phi) is 7.04. The fourth-order valence-electron chi connectivity index (χ4n) is 2.64. The second kappa shape index (κ2) is 9.25. The number of methoxy groups -OCH3 is 1. The topological polar surface area (TPSA) is 58.6 Å². The number of nitrogens with zero attached hydrogens (tertiary/aromatic N) is 1. The number of carbonyl (C=O) groups is 2. The minimum Gasteiger partial charge on any atom is -0.497 e.